The van der Waals surface area contributed by atoms with Crippen molar-refractivity contribution in [2.45, 2.75) is 26.8 Å². The summed E-state index contributed by atoms with van der Waals surface area (Å²) in [6.07, 6.45) is 2.40. The Kier molecular flexibility index (Phi) is 3.71. The first kappa shape index (κ1) is 12.7. The molecule has 0 aliphatic carbocycles. The highest BCUT2D eigenvalue weighted by molar-refractivity contribution is 7.09. The van der Waals surface area contributed by atoms with E-state index in [9.17, 15) is 4.79 Å². The molecule has 0 atom stereocenters. The summed E-state index contributed by atoms with van der Waals surface area (Å²) in [6, 6.07) is 0. The fourth-order valence-electron chi connectivity index (χ4n) is 1.68. The van der Waals surface area contributed by atoms with Crippen molar-refractivity contribution in [3.8, 4) is 0 Å². The van der Waals surface area contributed by atoms with Gasteiger partial charge in [0.05, 0.1) is 17.7 Å². The van der Waals surface area contributed by atoms with Gasteiger partial charge in [-0.2, -0.15) is 0 Å². The summed E-state index contributed by atoms with van der Waals surface area (Å²) in [5, 5.41) is 16.8. The first-order valence-corrected chi connectivity index (χ1v) is 6.49. The van der Waals surface area contributed by atoms with Gasteiger partial charge in [0.15, 0.2) is 5.69 Å². The van der Waals surface area contributed by atoms with Crippen molar-refractivity contribution >= 4 is 17.3 Å². The molecular weight excluding hydrogens is 252 g/mol. The molecule has 0 aromatic carbocycles. The molecule has 2 aromatic heterocycles. The lowest BCUT2D eigenvalue weighted by Gasteiger charge is -2.07. The molecule has 2 aromatic rings. The van der Waals surface area contributed by atoms with Crippen LogP contribution in [-0.2, 0) is 13.0 Å². The van der Waals surface area contributed by atoms with Crippen molar-refractivity contribution < 1.29 is 9.90 Å². The second kappa shape index (κ2) is 5.26. The average molecular weight is 266 g/mol. The monoisotopic (exact) mass is 266 g/mol. The molecule has 2 rings (SSSR count). The number of thiazole rings is 1. The van der Waals surface area contributed by atoms with Crippen LogP contribution in [0.15, 0.2) is 11.7 Å². The Balaban J connectivity index is 2.31. The van der Waals surface area contributed by atoms with Crippen LogP contribution in [0.2, 0.25) is 0 Å². The fourth-order valence-corrected chi connectivity index (χ4v) is 2.26. The summed E-state index contributed by atoms with van der Waals surface area (Å²) in [7, 11) is 0. The molecule has 6 nitrogen and oxygen atoms in total. The number of carboxylic acids is 1. The second-order valence-corrected chi connectivity index (χ2v) is 5.38. The third kappa shape index (κ3) is 2.73. The van der Waals surface area contributed by atoms with Gasteiger partial charge in [0, 0.05) is 11.1 Å². The van der Waals surface area contributed by atoms with Crippen LogP contribution in [0.5, 0.6) is 0 Å². The molecule has 18 heavy (non-hydrogen) atoms. The summed E-state index contributed by atoms with van der Waals surface area (Å²) >= 11 is 1.52. The van der Waals surface area contributed by atoms with Crippen LogP contribution in [0, 0.1) is 5.92 Å². The number of rotatable bonds is 5. The van der Waals surface area contributed by atoms with Gasteiger partial charge >= 0.3 is 5.97 Å². The Morgan fingerprint density at radius 2 is 2.33 bits per heavy atom. The minimum Gasteiger partial charge on any atom is -0.476 e. The van der Waals surface area contributed by atoms with Crippen LogP contribution < -0.4 is 0 Å². The number of carboxylic acid groups (broad SMARTS) is 1. The van der Waals surface area contributed by atoms with E-state index < -0.39 is 5.97 Å². The maximum absolute atomic E-state index is 11.1. The second-order valence-electron chi connectivity index (χ2n) is 4.41. The minimum absolute atomic E-state index is 0.0493. The zero-order valence-corrected chi connectivity index (χ0v) is 11.0. The molecule has 0 bridgehead atoms. The first-order valence-electron chi connectivity index (χ1n) is 5.61. The van der Waals surface area contributed by atoms with Crippen molar-refractivity contribution in [3.05, 3.63) is 28.0 Å². The smallest absolute Gasteiger partial charge is 0.358 e. The summed E-state index contributed by atoms with van der Waals surface area (Å²) in [5.41, 5.74) is 2.46. The molecule has 0 radical (unpaired) electrons. The third-order valence-electron chi connectivity index (χ3n) is 2.43. The van der Waals surface area contributed by atoms with Gasteiger partial charge in [-0.15, -0.1) is 16.4 Å². The van der Waals surface area contributed by atoms with E-state index in [0.29, 0.717) is 24.6 Å². The van der Waals surface area contributed by atoms with Gasteiger partial charge in [0.25, 0.3) is 0 Å². The maximum Gasteiger partial charge on any atom is 0.358 e. The summed E-state index contributed by atoms with van der Waals surface area (Å²) in [6.45, 7) is 4.60. The molecule has 96 valence electrons. The summed E-state index contributed by atoms with van der Waals surface area (Å²) in [5.74, 6) is -0.678. The molecule has 0 aliphatic heterocycles. The Bertz CT molecular complexity index is 533. The highest BCUT2D eigenvalue weighted by Crippen LogP contribution is 2.15. The predicted molar refractivity (Wildman–Crippen MR) is 66.7 cm³/mol. The highest BCUT2D eigenvalue weighted by Gasteiger charge is 2.19. The van der Waals surface area contributed by atoms with Gasteiger partial charge in [0.2, 0.25) is 0 Å². The minimum atomic E-state index is -1.03. The lowest BCUT2D eigenvalue weighted by atomic mass is 10.1. The summed E-state index contributed by atoms with van der Waals surface area (Å²) in [4.78, 5) is 16.1. The van der Waals surface area contributed by atoms with Gasteiger partial charge < -0.3 is 5.11 Å². The van der Waals surface area contributed by atoms with Crippen molar-refractivity contribution in [2.75, 3.05) is 0 Å². The van der Waals surface area contributed by atoms with E-state index in [4.69, 9.17) is 5.11 Å². The SMILES string of the molecule is CC(C)Cc1c(C(=O)O)nnn1Cc1cncs1. The number of hydrogen-bond acceptors (Lipinski definition) is 5. The number of aromatic carboxylic acids is 1. The summed E-state index contributed by atoms with van der Waals surface area (Å²) < 4.78 is 1.65. The molecule has 0 aliphatic rings. The Hall–Kier alpha value is -1.76. The highest BCUT2D eigenvalue weighted by atomic mass is 32.1. The van der Waals surface area contributed by atoms with Crippen LogP contribution in [-0.4, -0.2) is 31.1 Å². The zero-order valence-electron chi connectivity index (χ0n) is 10.2. The molecule has 0 amide bonds. The molecule has 2 heterocycles. The fraction of sp³-hybridized carbons (Fsp3) is 0.455. The standard InChI is InChI=1S/C11H14N4O2S/c1-7(2)3-9-10(11(16)17)13-14-15(9)5-8-4-12-6-18-8/h4,6-7H,3,5H2,1-2H3,(H,16,17). The van der Waals surface area contributed by atoms with Gasteiger partial charge in [-0.05, 0) is 12.3 Å². The lowest BCUT2D eigenvalue weighted by Crippen LogP contribution is -2.11. The topological polar surface area (TPSA) is 80.9 Å². The molecule has 0 saturated heterocycles. The van der Waals surface area contributed by atoms with E-state index in [-0.39, 0.29) is 5.69 Å². The Labute approximate surface area is 108 Å². The lowest BCUT2D eigenvalue weighted by molar-refractivity contribution is 0.0689. The molecule has 0 unspecified atom stereocenters. The van der Waals surface area contributed by atoms with Crippen LogP contribution in [0.1, 0.15) is 34.9 Å². The van der Waals surface area contributed by atoms with Crippen molar-refractivity contribution in [1.29, 1.82) is 0 Å². The van der Waals surface area contributed by atoms with Crippen molar-refractivity contribution in [2.24, 2.45) is 5.92 Å². The normalized spacial score (nSPS) is 11.1. The van der Waals surface area contributed by atoms with Crippen molar-refractivity contribution in [1.82, 2.24) is 20.0 Å². The average Bonchev–Trinajstić information content (AvgIpc) is 2.89. The van der Waals surface area contributed by atoms with Gasteiger partial charge in [-0.1, -0.05) is 19.1 Å². The van der Waals surface area contributed by atoms with Crippen LogP contribution in [0.3, 0.4) is 0 Å². The van der Waals surface area contributed by atoms with Crippen LogP contribution in [0.4, 0.5) is 0 Å². The quantitative estimate of drug-likeness (QED) is 0.890. The van der Waals surface area contributed by atoms with Gasteiger partial charge in [-0.25, -0.2) is 9.48 Å². The maximum atomic E-state index is 11.1. The molecule has 1 N–H and O–H groups in total. The number of carbonyl (C=O) groups is 1. The first-order chi connectivity index (χ1) is 8.58. The zero-order chi connectivity index (χ0) is 13.1. The van der Waals surface area contributed by atoms with E-state index in [1.165, 1.54) is 11.3 Å². The van der Waals surface area contributed by atoms with Crippen molar-refractivity contribution in [3.63, 3.8) is 0 Å². The number of aromatic nitrogens is 4. The van der Waals surface area contributed by atoms with E-state index in [1.54, 1.807) is 16.4 Å². The molecule has 0 fully saturated rings. The number of hydrogen-bond donors (Lipinski definition) is 1. The molecule has 0 saturated carbocycles. The van der Waals surface area contributed by atoms with Gasteiger partial charge in [0.1, 0.15) is 0 Å². The van der Waals surface area contributed by atoms with E-state index >= 15 is 0 Å². The predicted octanol–water partition coefficient (Wildman–Crippen LogP) is 1.68. The molecule has 7 heteroatoms. The molecular formula is C11H14N4O2S. The van der Waals surface area contributed by atoms with E-state index in [2.05, 4.69) is 15.3 Å². The van der Waals surface area contributed by atoms with Gasteiger partial charge in [-0.3, -0.25) is 4.98 Å². The van der Waals surface area contributed by atoms with E-state index in [1.807, 2.05) is 13.8 Å². The van der Waals surface area contributed by atoms with Crippen LogP contribution in [0.25, 0.3) is 0 Å². The molecule has 0 spiro atoms. The third-order valence-corrected chi connectivity index (χ3v) is 3.20. The van der Waals surface area contributed by atoms with Crippen LogP contribution >= 0.6 is 11.3 Å². The van der Waals surface area contributed by atoms with E-state index in [0.717, 1.165) is 4.88 Å². The largest absolute Gasteiger partial charge is 0.476 e. The number of nitrogens with zero attached hydrogens (tertiary/aromatic N) is 4. The Morgan fingerprint density at radius 1 is 1.56 bits per heavy atom. The Morgan fingerprint density at radius 3 is 2.89 bits per heavy atom.